The van der Waals surface area contributed by atoms with E-state index in [2.05, 4.69) is 63.7 Å². The fourth-order valence-corrected chi connectivity index (χ4v) is 4.33. The first kappa shape index (κ1) is 19.1. The van der Waals surface area contributed by atoms with E-state index < -0.39 is 0 Å². The van der Waals surface area contributed by atoms with Crippen molar-refractivity contribution in [2.45, 2.75) is 16.2 Å². The molecule has 1 heterocycles. The summed E-state index contributed by atoms with van der Waals surface area (Å²) in [7, 11) is 0. The van der Waals surface area contributed by atoms with Gasteiger partial charge in [0.25, 0.3) is 0 Å². The van der Waals surface area contributed by atoms with Gasteiger partial charge in [0.2, 0.25) is 0 Å². The summed E-state index contributed by atoms with van der Waals surface area (Å²) in [6.07, 6.45) is 2.24. The van der Waals surface area contributed by atoms with Crippen molar-refractivity contribution in [3.63, 3.8) is 0 Å². The van der Waals surface area contributed by atoms with E-state index >= 15 is 0 Å². The SMILES string of the molecule is O=C(/N=C/c1cccc(O)c1)NCCCN1c2ccccc2Sc2ccccc21. The van der Waals surface area contributed by atoms with E-state index in [1.807, 2.05) is 0 Å². The van der Waals surface area contributed by atoms with Crippen LogP contribution in [0.1, 0.15) is 12.0 Å². The summed E-state index contributed by atoms with van der Waals surface area (Å²) >= 11 is 1.79. The number of amides is 2. The first-order chi connectivity index (χ1) is 14.2. The lowest BCUT2D eigenvalue weighted by Crippen LogP contribution is -2.27. The number of nitrogens with one attached hydrogen (secondary N) is 1. The molecule has 29 heavy (non-hydrogen) atoms. The minimum atomic E-state index is -0.386. The van der Waals surface area contributed by atoms with Crippen LogP contribution in [0.3, 0.4) is 0 Å². The van der Waals surface area contributed by atoms with Crippen molar-refractivity contribution >= 4 is 35.4 Å². The van der Waals surface area contributed by atoms with Crippen LogP contribution >= 0.6 is 11.8 Å². The highest BCUT2D eigenvalue weighted by atomic mass is 32.2. The highest BCUT2D eigenvalue weighted by molar-refractivity contribution is 7.99. The van der Waals surface area contributed by atoms with E-state index in [9.17, 15) is 9.90 Å². The molecular formula is C23H21N3O2S. The van der Waals surface area contributed by atoms with Gasteiger partial charge in [-0.15, -0.1) is 0 Å². The Morgan fingerprint density at radius 1 is 1.00 bits per heavy atom. The maximum atomic E-state index is 12.0. The normalized spacial score (nSPS) is 12.5. The first-order valence-electron chi connectivity index (χ1n) is 9.45. The van der Waals surface area contributed by atoms with Gasteiger partial charge in [0, 0.05) is 29.1 Å². The summed E-state index contributed by atoms with van der Waals surface area (Å²) < 4.78 is 0. The molecule has 0 spiro atoms. The van der Waals surface area contributed by atoms with Crippen molar-refractivity contribution in [2.24, 2.45) is 4.99 Å². The summed E-state index contributed by atoms with van der Waals surface area (Å²) in [5.41, 5.74) is 3.08. The molecule has 4 rings (SSSR count). The number of hydrogen-bond acceptors (Lipinski definition) is 4. The zero-order chi connectivity index (χ0) is 20.1. The number of carbonyl (C=O) groups excluding carboxylic acids is 1. The Labute approximate surface area is 174 Å². The highest BCUT2D eigenvalue weighted by Crippen LogP contribution is 2.47. The Morgan fingerprint density at radius 3 is 2.38 bits per heavy atom. The molecule has 5 nitrogen and oxygen atoms in total. The van der Waals surface area contributed by atoms with E-state index in [4.69, 9.17) is 0 Å². The third-order valence-electron chi connectivity index (χ3n) is 4.57. The average molecular weight is 404 g/mol. The lowest BCUT2D eigenvalue weighted by atomic mass is 10.2. The lowest BCUT2D eigenvalue weighted by molar-refractivity contribution is 0.249. The van der Waals surface area contributed by atoms with Crippen LogP contribution in [0.25, 0.3) is 0 Å². The van der Waals surface area contributed by atoms with Crippen molar-refractivity contribution in [1.29, 1.82) is 0 Å². The Bertz CT molecular complexity index is 1010. The molecule has 0 aliphatic carbocycles. The number of fused-ring (bicyclic) bond motifs is 2. The number of rotatable bonds is 5. The third kappa shape index (κ3) is 4.60. The van der Waals surface area contributed by atoms with Gasteiger partial charge in [-0.1, -0.05) is 48.2 Å². The Kier molecular flexibility index (Phi) is 5.81. The molecule has 0 radical (unpaired) electrons. The zero-order valence-electron chi connectivity index (χ0n) is 15.8. The van der Waals surface area contributed by atoms with Crippen LogP contribution in [0.4, 0.5) is 16.2 Å². The average Bonchev–Trinajstić information content (AvgIpc) is 2.74. The van der Waals surface area contributed by atoms with Gasteiger partial charge in [-0.25, -0.2) is 9.79 Å². The van der Waals surface area contributed by atoms with Crippen LogP contribution < -0.4 is 10.2 Å². The van der Waals surface area contributed by atoms with Crippen LogP contribution in [0.5, 0.6) is 5.75 Å². The van der Waals surface area contributed by atoms with Gasteiger partial charge >= 0.3 is 6.03 Å². The van der Waals surface area contributed by atoms with Crippen LogP contribution in [-0.4, -0.2) is 30.4 Å². The van der Waals surface area contributed by atoms with Gasteiger partial charge in [0.05, 0.1) is 11.4 Å². The summed E-state index contributed by atoms with van der Waals surface area (Å²) in [5.74, 6) is 0.148. The standard InChI is InChI=1S/C23H21N3O2S/c27-18-8-5-7-17(15-18)16-25-23(28)24-13-6-14-26-19-9-1-3-11-21(19)29-22-12-4-2-10-20(22)26/h1-5,7-12,15-16,27H,6,13-14H2,(H,24,28)/b25-16+. The van der Waals surface area contributed by atoms with Crippen LogP contribution in [0.15, 0.2) is 87.6 Å². The first-order valence-corrected chi connectivity index (χ1v) is 10.3. The number of phenolic OH excluding ortho intramolecular Hbond substituents is 1. The predicted octanol–water partition coefficient (Wildman–Crippen LogP) is 5.21. The van der Waals surface area contributed by atoms with E-state index in [-0.39, 0.29) is 11.8 Å². The smallest absolute Gasteiger partial charge is 0.340 e. The van der Waals surface area contributed by atoms with Crippen molar-refractivity contribution < 1.29 is 9.90 Å². The maximum Gasteiger partial charge on any atom is 0.340 e. The summed E-state index contributed by atoms with van der Waals surface area (Å²) in [6, 6.07) is 23.0. The number of aliphatic imine (C=N–C) groups is 1. The molecule has 0 atom stereocenters. The topological polar surface area (TPSA) is 64.9 Å². The second kappa shape index (κ2) is 8.84. The lowest BCUT2D eigenvalue weighted by Gasteiger charge is -2.32. The summed E-state index contributed by atoms with van der Waals surface area (Å²) in [5, 5.41) is 12.3. The molecule has 0 bridgehead atoms. The molecule has 2 N–H and O–H groups in total. The number of anilines is 2. The number of hydrogen-bond donors (Lipinski definition) is 2. The molecule has 6 heteroatoms. The van der Waals surface area contributed by atoms with E-state index in [0.29, 0.717) is 12.1 Å². The zero-order valence-corrected chi connectivity index (χ0v) is 16.6. The minimum absolute atomic E-state index is 0.148. The largest absolute Gasteiger partial charge is 0.508 e. The monoisotopic (exact) mass is 403 g/mol. The van der Waals surface area contributed by atoms with Crippen molar-refractivity contribution in [3.05, 3.63) is 78.4 Å². The van der Waals surface area contributed by atoms with Crippen molar-refractivity contribution in [3.8, 4) is 5.75 Å². The molecule has 1 aliphatic heterocycles. The summed E-state index contributed by atoms with van der Waals surface area (Å²) in [6.45, 7) is 1.33. The fourth-order valence-electron chi connectivity index (χ4n) is 3.24. The number of aromatic hydroxyl groups is 1. The van der Waals surface area contributed by atoms with Gasteiger partial charge in [0.1, 0.15) is 5.75 Å². The number of para-hydroxylation sites is 2. The molecule has 0 aromatic heterocycles. The second-order valence-corrected chi connectivity index (χ2v) is 7.71. The molecule has 0 saturated carbocycles. The van der Waals surface area contributed by atoms with Crippen molar-refractivity contribution in [2.75, 3.05) is 18.0 Å². The van der Waals surface area contributed by atoms with E-state index in [0.717, 1.165) is 13.0 Å². The maximum absolute atomic E-state index is 12.0. The van der Waals surface area contributed by atoms with E-state index in [1.165, 1.54) is 27.4 Å². The van der Waals surface area contributed by atoms with Crippen molar-refractivity contribution in [1.82, 2.24) is 5.32 Å². The second-order valence-electron chi connectivity index (χ2n) is 6.63. The molecule has 146 valence electrons. The van der Waals surface area contributed by atoms with Crippen LogP contribution in [-0.2, 0) is 0 Å². The fraction of sp³-hybridized carbons (Fsp3) is 0.130. The molecule has 0 fully saturated rings. The van der Waals surface area contributed by atoms with E-state index in [1.54, 1.807) is 36.0 Å². The predicted molar refractivity (Wildman–Crippen MR) is 118 cm³/mol. The number of carbonyl (C=O) groups is 1. The Morgan fingerprint density at radius 2 is 1.69 bits per heavy atom. The molecule has 1 aliphatic rings. The van der Waals surface area contributed by atoms with Gasteiger partial charge in [-0.05, 0) is 48.4 Å². The Balaban J connectivity index is 1.35. The van der Waals surface area contributed by atoms with Gasteiger partial charge < -0.3 is 15.3 Å². The number of urea groups is 1. The molecule has 0 saturated heterocycles. The van der Waals surface area contributed by atoms with Crippen LogP contribution in [0, 0.1) is 0 Å². The quantitative estimate of drug-likeness (QED) is 0.453. The molecule has 2 amide bonds. The third-order valence-corrected chi connectivity index (χ3v) is 5.70. The highest BCUT2D eigenvalue weighted by Gasteiger charge is 2.22. The molecule has 0 unspecified atom stereocenters. The number of nitrogens with zero attached hydrogens (tertiary/aromatic N) is 2. The summed E-state index contributed by atoms with van der Waals surface area (Å²) in [4.78, 5) is 20.6. The minimum Gasteiger partial charge on any atom is -0.508 e. The molecule has 3 aromatic carbocycles. The van der Waals surface area contributed by atoms with Gasteiger partial charge in [-0.2, -0.15) is 0 Å². The molecular weight excluding hydrogens is 382 g/mol. The van der Waals surface area contributed by atoms with Gasteiger partial charge in [0.15, 0.2) is 0 Å². The molecule has 3 aromatic rings. The number of benzene rings is 3. The van der Waals surface area contributed by atoms with Gasteiger partial charge in [-0.3, -0.25) is 0 Å². The van der Waals surface area contributed by atoms with Crippen LogP contribution in [0.2, 0.25) is 0 Å². The Hall–Kier alpha value is -3.25. The number of phenols is 1.